The highest BCUT2D eigenvalue weighted by Crippen LogP contribution is 2.23. The van der Waals surface area contributed by atoms with Gasteiger partial charge in [0.1, 0.15) is 0 Å². The van der Waals surface area contributed by atoms with E-state index in [9.17, 15) is 4.79 Å². The first-order valence-corrected chi connectivity index (χ1v) is 6.62. The minimum atomic E-state index is -0.723. The maximum absolute atomic E-state index is 11.0. The van der Waals surface area contributed by atoms with E-state index in [4.69, 9.17) is 5.11 Å². The number of aliphatic carboxylic acids is 1. The molecule has 0 bridgehead atoms. The number of benzene rings is 1. The van der Waals surface area contributed by atoms with E-state index in [2.05, 4.69) is 38.1 Å². The van der Waals surface area contributed by atoms with Crippen molar-refractivity contribution < 1.29 is 9.90 Å². The number of carboxylic acid groups (broad SMARTS) is 1. The monoisotopic (exact) mass is 248 g/mol. The molecule has 0 saturated carbocycles. The van der Waals surface area contributed by atoms with Crippen LogP contribution >= 0.6 is 0 Å². The molecule has 0 amide bonds. The van der Waals surface area contributed by atoms with E-state index in [0.717, 1.165) is 12.8 Å². The number of rotatable bonds is 6. The average Bonchev–Trinajstić information content (AvgIpc) is 2.27. The van der Waals surface area contributed by atoms with Gasteiger partial charge in [0.25, 0.3) is 0 Å². The summed E-state index contributed by atoms with van der Waals surface area (Å²) in [6, 6.07) is 8.55. The lowest BCUT2D eigenvalue weighted by Gasteiger charge is -2.18. The second-order valence-corrected chi connectivity index (χ2v) is 6.10. The Morgan fingerprint density at radius 1 is 1.17 bits per heavy atom. The van der Waals surface area contributed by atoms with Crippen molar-refractivity contribution in [2.45, 2.75) is 47.0 Å². The molecule has 2 heteroatoms. The summed E-state index contributed by atoms with van der Waals surface area (Å²) in [5.74, 6) is -0.0549. The van der Waals surface area contributed by atoms with Crippen molar-refractivity contribution in [2.75, 3.05) is 0 Å². The molecule has 1 rings (SSSR count). The predicted octanol–water partition coefficient (Wildman–Crippen LogP) is 3.93. The van der Waals surface area contributed by atoms with Crippen LogP contribution in [0.1, 0.15) is 45.2 Å². The molecule has 0 atom stereocenters. The van der Waals surface area contributed by atoms with E-state index in [1.54, 1.807) is 13.8 Å². The summed E-state index contributed by atoms with van der Waals surface area (Å²) in [5.41, 5.74) is 1.93. The third kappa shape index (κ3) is 4.52. The molecule has 0 aliphatic carbocycles. The molecular formula is C16H24O2. The fraction of sp³-hybridized carbons (Fsp3) is 0.562. The molecule has 0 heterocycles. The number of hydrogen-bond acceptors (Lipinski definition) is 1. The van der Waals surface area contributed by atoms with Crippen molar-refractivity contribution in [1.82, 2.24) is 0 Å². The van der Waals surface area contributed by atoms with Crippen molar-refractivity contribution in [2.24, 2.45) is 11.3 Å². The van der Waals surface area contributed by atoms with Crippen molar-refractivity contribution >= 4 is 5.97 Å². The minimum Gasteiger partial charge on any atom is -0.481 e. The van der Waals surface area contributed by atoms with Gasteiger partial charge in [-0.15, -0.1) is 0 Å². The third-order valence-electron chi connectivity index (χ3n) is 3.28. The Morgan fingerprint density at radius 2 is 1.67 bits per heavy atom. The highest BCUT2D eigenvalue weighted by atomic mass is 16.4. The standard InChI is InChI=1S/C16H24O2/c1-12(2)11-14-7-5-13(6-8-14)9-10-16(3,4)15(17)18/h5-8,12H,9-11H2,1-4H3,(H,17,18). The van der Waals surface area contributed by atoms with Gasteiger partial charge in [-0.05, 0) is 50.2 Å². The van der Waals surface area contributed by atoms with Gasteiger partial charge in [0.15, 0.2) is 0 Å². The van der Waals surface area contributed by atoms with Crippen molar-refractivity contribution in [1.29, 1.82) is 0 Å². The highest BCUT2D eigenvalue weighted by molar-refractivity contribution is 5.73. The van der Waals surface area contributed by atoms with E-state index in [1.165, 1.54) is 11.1 Å². The Labute approximate surface area is 110 Å². The van der Waals surface area contributed by atoms with Crippen LogP contribution in [0.15, 0.2) is 24.3 Å². The fourth-order valence-electron chi connectivity index (χ4n) is 1.88. The first-order chi connectivity index (χ1) is 8.31. The molecule has 0 aliphatic rings. The zero-order chi connectivity index (χ0) is 13.8. The van der Waals surface area contributed by atoms with Crippen LogP contribution in [-0.2, 0) is 17.6 Å². The molecule has 0 saturated heterocycles. The molecule has 2 nitrogen and oxygen atoms in total. The normalized spacial score (nSPS) is 11.8. The van der Waals surface area contributed by atoms with Gasteiger partial charge in [0.05, 0.1) is 5.41 Å². The number of aryl methyl sites for hydroxylation is 1. The summed E-state index contributed by atoms with van der Waals surface area (Å²) < 4.78 is 0. The molecule has 1 aromatic rings. The predicted molar refractivity (Wildman–Crippen MR) is 74.7 cm³/mol. The summed E-state index contributed by atoms with van der Waals surface area (Å²) in [4.78, 5) is 11.0. The Morgan fingerprint density at radius 3 is 2.11 bits per heavy atom. The van der Waals surface area contributed by atoms with Crippen molar-refractivity contribution in [3.8, 4) is 0 Å². The van der Waals surface area contributed by atoms with Crippen LogP contribution in [0.3, 0.4) is 0 Å². The van der Waals surface area contributed by atoms with Crippen LogP contribution in [0, 0.1) is 11.3 Å². The van der Waals surface area contributed by atoms with Gasteiger partial charge in [0, 0.05) is 0 Å². The molecule has 0 aliphatic heterocycles. The van der Waals surface area contributed by atoms with Crippen LogP contribution in [0.25, 0.3) is 0 Å². The minimum absolute atomic E-state index is 0.642. The van der Waals surface area contributed by atoms with E-state index in [1.807, 2.05) is 0 Å². The lowest BCUT2D eigenvalue weighted by atomic mass is 9.86. The van der Waals surface area contributed by atoms with Gasteiger partial charge in [-0.3, -0.25) is 4.79 Å². The molecule has 18 heavy (non-hydrogen) atoms. The first-order valence-electron chi connectivity index (χ1n) is 6.62. The second-order valence-electron chi connectivity index (χ2n) is 6.10. The Balaban J connectivity index is 2.57. The summed E-state index contributed by atoms with van der Waals surface area (Å²) in [6.07, 6.45) is 2.59. The van der Waals surface area contributed by atoms with Crippen LogP contribution in [0.2, 0.25) is 0 Å². The Kier molecular flexibility index (Phi) is 4.94. The van der Waals surface area contributed by atoms with Crippen LogP contribution < -0.4 is 0 Å². The van der Waals surface area contributed by atoms with E-state index in [-0.39, 0.29) is 0 Å². The molecule has 0 aromatic heterocycles. The van der Waals surface area contributed by atoms with E-state index in [0.29, 0.717) is 12.3 Å². The average molecular weight is 248 g/mol. The maximum atomic E-state index is 11.0. The van der Waals surface area contributed by atoms with Gasteiger partial charge < -0.3 is 5.11 Å². The zero-order valence-electron chi connectivity index (χ0n) is 11.9. The molecule has 0 unspecified atom stereocenters. The van der Waals surface area contributed by atoms with Gasteiger partial charge in [-0.25, -0.2) is 0 Å². The quantitative estimate of drug-likeness (QED) is 0.828. The van der Waals surface area contributed by atoms with E-state index < -0.39 is 11.4 Å². The summed E-state index contributed by atoms with van der Waals surface area (Å²) >= 11 is 0. The van der Waals surface area contributed by atoms with Crippen LogP contribution in [0.5, 0.6) is 0 Å². The Hall–Kier alpha value is -1.31. The maximum Gasteiger partial charge on any atom is 0.309 e. The van der Waals surface area contributed by atoms with Gasteiger partial charge >= 0.3 is 5.97 Å². The lowest BCUT2D eigenvalue weighted by molar-refractivity contribution is -0.147. The zero-order valence-corrected chi connectivity index (χ0v) is 11.9. The molecule has 1 aromatic carbocycles. The first kappa shape index (κ1) is 14.7. The Bertz CT molecular complexity index is 388. The molecular weight excluding hydrogens is 224 g/mol. The van der Waals surface area contributed by atoms with Crippen LogP contribution in [-0.4, -0.2) is 11.1 Å². The molecule has 0 radical (unpaired) electrons. The van der Waals surface area contributed by atoms with Crippen LogP contribution in [0.4, 0.5) is 0 Å². The van der Waals surface area contributed by atoms with E-state index >= 15 is 0 Å². The lowest BCUT2D eigenvalue weighted by Crippen LogP contribution is -2.24. The molecule has 1 N–H and O–H groups in total. The number of carboxylic acids is 1. The van der Waals surface area contributed by atoms with Crippen molar-refractivity contribution in [3.05, 3.63) is 35.4 Å². The topological polar surface area (TPSA) is 37.3 Å². The van der Waals surface area contributed by atoms with Gasteiger partial charge in [-0.2, -0.15) is 0 Å². The SMILES string of the molecule is CC(C)Cc1ccc(CCC(C)(C)C(=O)O)cc1. The second kappa shape index (κ2) is 6.03. The van der Waals surface area contributed by atoms with Gasteiger partial charge in [-0.1, -0.05) is 38.1 Å². The number of carbonyl (C=O) groups is 1. The summed E-state index contributed by atoms with van der Waals surface area (Å²) in [5, 5.41) is 9.06. The fourth-order valence-corrected chi connectivity index (χ4v) is 1.88. The molecule has 0 spiro atoms. The molecule has 100 valence electrons. The largest absolute Gasteiger partial charge is 0.481 e. The molecule has 0 fully saturated rings. The smallest absolute Gasteiger partial charge is 0.309 e. The highest BCUT2D eigenvalue weighted by Gasteiger charge is 2.26. The summed E-state index contributed by atoms with van der Waals surface area (Å²) in [7, 11) is 0. The number of hydrogen-bond donors (Lipinski definition) is 1. The third-order valence-corrected chi connectivity index (χ3v) is 3.28. The summed E-state index contributed by atoms with van der Waals surface area (Å²) in [6.45, 7) is 7.98. The van der Waals surface area contributed by atoms with Crippen molar-refractivity contribution in [3.63, 3.8) is 0 Å². The van der Waals surface area contributed by atoms with Gasteiger partial charge in [0.2, 0.25) is 0 Å².